The number of rotatable bonds is 4. The van der Waals surface area contributed by atoms with Crippen LogP contribution in [0.25, 0.3) is 0 Å². The Balaban J connectivity index is 0.000000161. The molecule has 0 radical (unpaired) electrons. The summed E-state index contributed by atoms with van der Waals surface area (Å²) in [6.45, 7) is 7.93. The minimum atomic E-state index is 0.717. The number of nitrogens with zero attached hydrogens (tertiary/aromatic N) is 4. The zero-order valence-electron chi connectivity index (χ0n) is 23.0. The lowest BCUT2D eigenvalue weighted by Crippen LogP contribution is -2.46. The monoisotopic (exact) mass is 536 g/mol. The molecule has 8 nitrogen and oxygen atoms in total. The van der Waals surface area contributed by atoms with Crippen LogP contribution in [0.5, 0.6) is 0 Å². The molecule has 0 spiro atoms. The first-order valence-electron chi connectivity index (χ1n) is 13.9. The van der Waals surface area contributed by atoms with E-state index in [1.165, 1.54) is 11.4 Å². The van der Waals surface area contributed by atoms with Gasteiger partial charge in [-0.3, -0.25) is 0 Å². The highest BCUT2D eigenvalue weighted by Gasteiger charge is 2.20. The molecule has 0 saturated carbocycles. The Morgan fingerprint density at radius 1 is 0.375 bits per heavy atom. The van der Waals surface area contributed by atoms with E-state index in [4.69, 9.17) is 22.9 Å². The minimum absolute atomic E-state index is 0.717. The van der Waals surface area contributed by atoms with Gasteiger partial charge in [0.1, 0.15) is 0 Å². The van der Waals surface area contributed by atoms with Gasteiger partial charge in [0.15, 0.2) is 0 Å². The number of para-hydroxylation sites is 2. The van der Waals surface area contributed by atoms with Crippen LogP contribution in [0.15, 0.2) is 97.1 Å². The molecule has 40 heavy (non-hydrogen) atoms. The molecule has 208 valence electrons. The van der Waals surface area contributed by atoms with Crippen LogP contribution in [-0.2, 0) is 0 Å². The molecule has 0 bridgehead atoms. The highest BCUT2D eigenvalue weighted by molar-refractivity contribution is 5.73. The van der Waals surface area contributed by atoms with Gasteiger partial charge in [0.05, 0.1) is 22.7 Å². The predicted octanol–water partition coefficient (Wildman–Crippen LogP) is 4.36. The van der Waals surface area contributed by atoms with Crippen molar-refractivity contribution in [3.8, 4) is 0 Å². The fourth-order valence-corrected chi connectivity index (χ4v) is 5.41. The van der Waals surface area contributed by atoms with Gasteiger partial charge in [-0.2, -0.15) is 0 Å². The molecule has 8 heteroatoms. The molecule has 8 N–H and O–H groups in total. The van der Waals surface area contributed by atoms with Crippen molar-refractivity contribution in [2.24, 2.45) is 0 Å². The third-order valence-corrected chi connectivity index (χ3v) is 7.59. The average molecular weight is 537 g/mol. The van der Waals surface area contributed by atoms with Crippen molar-refractivity contribution in [1.29, 1.82) is 0 Å². The first kappa shape index (κ1) is 26.9. The quantitative estimate of drug-likeness (QED) is 0.284. The van der Waals surface area contributed by atoms with Gasteiger partial charge in [-0.05, 0) is 60.7 Å². The first-order chi connectivity index (χ1) is 19.5. The van der Waals surface area contributed by atoms with E-state index in [1.807, 2.05) is 36.4 Å². The molecule has 4 aromatic rings. The highest BCUT2D eigenvalue weighted by atomic mass is 15.3. The van der Waals surface area contributed by atoms with E-state index in [9.17, 15) is 0 Å². The Morgan fingerprint density at radius 2 is 0.700 bits per heavy atom. The van der Waals surface area contributed by atoms with Crippen molar-refractivity contribution < 1.29 is 0 Å². The SMILES string of the molecule is Nc1ccc(N2CCN(c3ccccc3)CC2)c(N)c1.Nc1ccc(N2CCN(c3ccccc3)CC2)c(N)c1. The first-order valence-corrected chi connectivity index (χ1v) is 13.9. The summed E-state index contributed by atoms with van der Waals surface area (Å²) < 4.78 is 0. The van der Waals surface area contributed by atoms with E-state index in [0.717, 1.165) is 75.1 Å². The lowest BCUT2D eigenvalue weighted by Gasteiger charge is -2.37. The summed E-state index contributed by atoms with van der Waals surface area (Å²) in [5, 5.41) is 0. The highest BCUT2D eigenvalue weighted by Crippen LogP contribution is 2.28. The Kier molecular flexibility index (Phi) is 8.35. The van der Waals surface area contributed by atoms with E-state index in [1.54, 1.807) is 0 Å². The van der Waals surface area contributed by atoms with Crippen LogP contribution < -0.4 is 42.5 Å². The van der Waals surface area contributed by atoms with Crippen LogP contribution in [0.1, 0.15) is 0 Å². The van der Waals surface area contributed by atoms with Crippen LogP contribution in [0.2, 0.25) is 0 Å². The Morgan fingerprint density at radius 3 is 1.02 bits per heavy atom. The summed E-state index contributed by atoms with van der Waals surface area (Å²) in [7, 11) is 0. The maximum absolute atomic E-state index is 6.06. The van der Waals surface area contributed by atoms with E-state index in [2.05, 4.69) is 80.3 Å². The van der Waals surface area contributed by atoms with E-state index in [-0.39, 0.29) is 0 Å². The van der Waals surface area contributed by atoms with Crippen molar-refractivity contribution in [2.45, 2.75) is 0 Å². The number of benzene rings is 4. The van der Waals surface area contributed by atoms with Crippen LogP contribution in [0.4, 0.5) is 45.5 Å². The number of nitrogen functional groups attached to an aromatic ring is 4. The van der Waals surface area contributed by atoms with Crippen molar-refractivity contribution >= 4 is 45.5 Å². The van der Waals surface area contributed by atoms with Gasteiger partial charge < -0.3 is 42.5 Å². The van der Waals surface area contributed by atoms with E-state index < -0.39 is 0 Å². The molecule has 2 aliphatic heterocycles. The van der Waals surface area contributed by atoms with Gasteiger partial charge in [-0.25, -0.2) is 0 Å². The van der Waals surface area contributed by atoms with Crippen molar-refractivity contribution in [2.75, 3.05) is 94.9 Å². The smallest absolute Gasteiger partial charge is 0.0602 e. The number of hydrogen-bond acceptors (Lipinski definition) is 8. The molecule has 0 unspecified atom stereocenters. The minimum Gasteiger partial charge on any atom is -0.399 e. The molecule has 0 aliphatic carbocycles. The topological polar surface area (TPSA) is 117 Å². The molecule has 0 amide bonds. The van der Waals surface area contributed by atoms with Gasteiger partial charge in [-0.1, -0.05) is 36.4 Å². The Bertz CT molecular complexity index is 1260. The third kappa shape index (κ3) is 6.46. The number of piperazine rings is 2. The third-order valence-electron chi connectivity index (χ3n) is 7.59. The van der Waals surface area contributed by atoms with Crippen molar-refractivity contribution in [3.05, 3.63) is 97.1 Å². The zero-order valence-corrected chi connectivity index (χ0v) is 23.0. The molecule has 4 aromatic carbocycles. The second-order valence-corrected chi connectivity index (χ2v) is 10.3. The number of anilines is 8. The fourth-order valence-electron chi connectivity index (χ4n) is 5.41. The summed E-state index contributed by atoms with van der Waals surface area (Å²) in [6, 6.07) is 32.6. The lowest BCUT2D eigenvalue weighted by molar-refractivity contribution is 0.654. The van der Waals surface area contributed by atoms with Crippen LogP contribution in [0.3, 0.4) is 0 Å². The van der Waals surface area contributed by atoms with Gasteiger partial charge in [0.2, 0.25) is 0 Å². The summed E-state index contributed by atoms with van der Waals surface area (Å²) >= 11 is 0. The zero-order chi connectivity index (χ0) is 27.9. The summed E-state index contributed by atoms with van der Waals surface area (Å²) in [4.78, 5) is 9.47. The number of hydrogen-bond donors (Lipinski definition) is 4. The van der Waals surface area contributed by atoms with Crippen LogP contribution in [-0.4, -0.2) is 52.4 Å². The van der Waals surface area contributed by atoms with Crippen LogP contribution >= 0.6 is 0 Å². The normalized spacial score (nSPS) is 15.4. The van der Waals surface area contributed by atoms with Crippen molar-refractivity contribution in [3.63, 3.8) is 0 Å². The van der Waals surface area contributed by atoms with Crippen LogP contribution in [0, 0.1) is 0 Å². The largest absolute Gasteiger partial charge is 0.399 e. The molecular weight excluding hydrogens is 496 g/mol. The van der Waals surface area contributed by atoms with E-state index in [0.29, 0.717) is 11.4 Å². The van der Waals surface area contributed by atoms with Gasteiger partial charge in [-0.15, -0.1) is 0 Å². The molecule has 0 aromatic heterocycles. The lowest BCUT2D eigenvalue weighted by atomic mass is 10.2. The fraction of sp³-hybridized carbons (Fsp3) is 0.250. The Labute approximate surface area is 237 Å². The molecule has 2 heterocycles. The predicted molar refractivity (Wildman–Crippen MR) is 172 cm³/mol. The summed E-state index contributed by atoms with van der Waals surface area (Å²) in [5.41, 5.74) is 31.3. The molecule has 6 rings (SSSR count). The Hall–Kier alpha value is -4.72. The van der Waals surface area contributed by atoms with Gasteiger partial charge in [0.25, 0.3) is 0 Å². The molecular formula is C32H40N8. The second-order valence-electron chi connectivity index (χ2n) is 10.3. The average Bonchev–Trinajstić information content (AvgIpc) is 2.99. The van der Waals surface area contributed by atoms with Gasteiger partial charge in [0, 0.05) is 75.1 Å². The number of nitrogens with two attached hydrogens (primary N) is 4. The second kappa shape index (κ2) is 12.4. The maximum atomic E-state index is 6.06. The van der Waals surface area contributed by atoms with E-state index >= 15 is 0 Å². The maximum Gasteiger partial charge on any atom is 0.0602 e. The standard InChI is InChI=1S/2C16H20N4/c2*17-13-6-7-16(15(18)12-13)20-10-8-19(9-11-20)14-4-2-1-3-5-14/h2*1-7,12H,8-11,17-18H2. The molecule has 2 aliphatic rings. The summed E-state index contributed by atoms with van der Waals surface area (Å²) in [6.07, 6.45) is 0. The molecule has 2 saturated heterocycles. The van der Waals surface area contributed by atoms with Gasteiger partial charge >= 0.3 is 0 Å². The summed E-state index contributed by atoms with van der Waals surface area (Å²) in [5.74, 6) is 0. The van der Waals surface area contributed by atoms with Crippen molar-refractivity contribution in [1.82, 2.24) is 0 Å². The molecule has 2 fully saturated rings. The molecule has 0 atom stereocenters.